The van der Waals surface area contributed by atoms with E-state index < -0.39 is 5.25 Å². The summed E-state index contributed by atoms with van der Waals surface area (Å²) in [5.74, 6) is 5.50. The molecule has 0 aliphatic carbocycles. The highest BCUT2D eigenvalue weighted by atomic mass is 32.2. The zero-order chi connectivity index (χ0) is 21.4. The summed E-state index contributed by atoms with van der Waals surface area (Å²) in [7, 11) is 1.53. The van der Waals surface area contributed by atoms with Crippen molar-refractivity contribution in [3.8, 4) is 17.6 Å². The van der Waals surface area contributed by atoms with Crippen LogP contribution in [0, 0.1) is 17.8 Å². The lowest BCUT2D eigenvalue weighted by Gasteiger charge is -2.11. The minimum absolute atomic E-state index is 0.144. The minimum atomic E-state index is -0.416. The van der Waals surface area contributed by atoms with Crippen molar-refractivity contribution < 1.29 is 23.9 Å². The summed E-state index contributed by atoms with van der Waals surface area (Å²) in [4.78, 5) is 35.1. The summed E-state index contributed by atoms with van der Waals surface area (Å²) in [6.07, 6.45) is 1.64. The molecule has 6 nitrogen and oxygen atoms in total. The van der Waals surface area contributed by atoms with Crippen molar-refractivity contribution in [2.45, 2.75) is 24.7 Å². The van der Waals surface area contributed by atoms with Gasteiger partial charge < -0.3 is 9.47 Å². The molecular weight excluding hydrogens is 390 g/mol. The number of benzene rings is 1. The number of thioether (sulfide) groups is 1. The number of carbonyl (C=O) groups is 3. The van der Waals surface area contributed by atoms with E-state index in [0.717, 1.165) is 17.3 Å². The number of amides is 2. The number of nitrogens with one attached hydrogen (secondary N) is 1. The number of imide groups is 1. The predicted octanol–water partition coefficient (Wildman–Crippen LogP) is 2.93. The Morgan fingerprint density at radius 1 is 1.31 bits per heavy atom. The first kappa shape index (κ1) is 22.5. The Labute approximate surface area is 174 Å². The minimum Gasteiger partial charge on any atom is -0.485 e. The quantitative estimate of drug-likeness (QED) is 0.381. The molecule has 29 heavy (non-hydrogen) atoms. The van der Waals surface area contributed by atoms with E-state index in [2.05, 4.69) is 30.3 Å². The number of carbonyl (C=O) groups excluding carboxylic acids is 3. The van der Waals surface area contributed by atoms with E-state index >= 15 is 0 Å². The lowest BCUT2D eigenvalue weighted by molar-refractivity contribution is -0.119. The molecule has 1 aromatic carbocycles. The Bertz CT molecular complexity index is 865. The van der Waals surface area contributed by atoms with Crippen LogP contribution in [0.5, 0.6) is 5.75 Å². The highest BCUT2D eigenvalue weighted by Gasteiger charge is 2.31. The van der Waals surface area contributed by atoms with Crippen LogP contribution in [0.3, 0.4) is 0 Å². The largest absolute Gasteiger partial charge is 0.485 e. The Balaban J connectivity index is 1.85. The molecule has 1 heterocycles. The van der Waals surface area contributed by atoms with Crippen LogP contribution in [-0.2, 0) is 20.7 Å². The topological polar surface area (TPSA) is 81.7 Å². The predicted molar refractivity (Wildman–Crippen MR) is 113 cm³/mol. The molecule has 1 N–H and O–H groups in total. The van der Waals surface area contributed by atoms with E-state index in [-0.39, 0.29) is 35.6 Å². The van der Waals surface area contributed by atoms with Gasteiger partial charge in [0.25, 0.3) is 5.24 Å². The second kappa shape index (κ2) is 10.6. The third-order valence-electron chi connectivity index (χ3n) is 4.27. The van der Waals surface area contributed by atoms with Crippen LogP contribution < -0.4 is 10.1 Å². The highest BCUT2D eigenvalue weighted by Crippen LogP contribution is 2.24. The lowest BCUT2D eigenvalue weighted by Crippen LogP contribution is -2.25. The second-order valence-electron chi connectivity index (χ2n) is 6.37. The van der Waals surface area contributed by atoms with Crippen LogP contribution in [0.25, 0.3) is 0 Å². The van der Waals surface area contributed by atoms with Crippen LogP contribution in [0.2, 0.25) is 0 Å². The first-order valence-corrected chi connectivity index (χ1v) is 9.83. The second-order valence-corrected chi connectivity index (χ2v) is 7.55. The van der Waals surface area contributed by atoms with Crippen LogP contribution in [-0.4, -0.2) is 42.0 Å². The fourth-order valence-electron chi connectivity index (χ4n) is 2.45. The van der Waals surface area contributed by atoms with Gasteiger partial charge in [-0.1, -0.05) is 55.0 Å². The van der Waals surface area contributed by atoms with Crippen molar-refractivity contribution >= 4 is 28.7 Å². The van der Waals surface area contributed by atoms with E-state index in [1.54, 1.807) is 37.3 Å². The molecule has 1 saturated heterocycles. The van der Waals surface area contributed by atoms with Crippen LogP contribution in [0.4, 0.5) is 4.79 Å². The van der Waals surface area contributed by atoms with Crippen LogP contribution in [0.15, 0.2) is 49.1 Å². The molecule has 7 heteroatoms. The number of hydrogen-bond acceptors (Lipinski definition) is 6. The molecule has 2 rings (SSSR count). The van der Waals surface area contributed by atoms with Gasteiger partial charge in [0.2, 0.25) is 5.91 Å². The summed E-state index contributed by atoms with van der Waals surface area (Å²) < 4.78 is 10.6. The van der Waals surface area contributed by atoms with E-state index in [0.29, 0.717) is 17.7 Å². The number of Topliss-reactive ketones (excluding diaryl/α,β-unsaturated/α-hetero) is 1. The summed E-state index contributed by atoms with van der Waals surface area (Å²) in [5.41, 5.74) is 1.26. The molecule has 2 amide bonds. The van der Waals surface area contributed by atoms with Crippen molar-refractivity contribution in [3.05, 3.63) is 54.6 Å². The molecular formula is C22H23NO5S. The van der Waals surface area contributed by atoms with Gasteiger partial charge in [0.15, 0.2) is 12.4 Å². The number of ether oxygens (including phenoxy) is 2. The van der Waals surface area contributed by atoms with Crippen LogP contribution >= 0.6 is 11.8 Å². The smallest absolute Gasteiger partial charge is 0.286 e. The summed E-state index contributed by atoms with van der Waals surface area (Å²) >= 11 is 0.992. The molecule has 0 spiro atoms. The molecule has 1 aliphatic heterocycles. The number of ketones is 1. The number of hydrogen-bond donors (Lipinski definition) is 1. The van der Waals surface area contributed by atoms with Crippen LogP contribution in [0.1, 0.15) is 12.5 Å². The summed E-state index contributed by atoms with van der Waals surface area (Å²) in [5, 5.41) is 1.53. The van der Waals surface area contributed by atoms with E-state index in [1.165, 1.54) is 7.11 Å². The molecule has 0 saturated carbocycles. The number of rotatable bonds is 9. The van der Waals surface area contributed by atoms with Crippen molar-refractivity contribution in [3.63, 3.8) is 0 Å². The van der Waals surface area contributed by atoms with Gasteiger partial charge >= 0.3 is 0 Å². The van der Waals surface area contributed by atoms with E-state index in [4.69, 9.17) is 9.47 Å². The fraction of sp³-hybridized carbons (Fsp3) is 0.318. The van der Waals surface area contributed by atoms with Gasteiger partial charge in [0, 0.05) is 18.6 Å². The average molecular weight is 413 g/mol. The fourth-order valence-corrected chi connectivity index (χ4v) is 3.31. The van der Waals surface area contributed by atoms with Crippen molar-refractivity contribution in [1.29, 1.82) is 0 Å². The average Bonchev–Trinajstić information content (AvgIpc) is 3.03. The summed E-state index contributed by atoms with van der Waals surface area (Å²) in [6.45, 7) is 9.08. The highest BCUT2D eigenvalue weighted by molar-refractivity contribution is 8.15. The Hall–Kier alpha value is -2.82. The van der Waals surface area contributed by atoms with Gasteiger partial charge in [-0.2, -0.15) is 0 Å². The van der Waals surface area contributed by atoms with Gasteiger partial charge in [-0.25, -0.2) is 0 Å². The summed E-state index contributed by atoms with van der Waals surface area (Å²) in [6, 6.07) is 7.06. The monoisotopic (exact) mass is 413 g/mol. The molecule has 1 aliphatic rings. The Kier molecular flexibility index (Phi) is 8.25. The van der Waals surface area contributed by atoms with Gasteiger partial charge in [-0.3, -0.25) is 19.7 Å². The Morgan fingerprint density at radius 2 is 2.00 bits per heavy atom. The van der Waals surface area contributed by atoms with Crippen molar-refractivity contribution in [2.24, 2.45) is 5.92 Å². The molecule has 0 bridgehead atoms. The molecule has 1 fully saturated rings. The van der Waals surface area contributed by atoms with Crippen molar-refractivity contribution in [2.75, 3.05) is 13.7 Å². The maximum absolute atomic E-state index is 12.3. The Morgan fingerprint density at radius 3 is 2.55 bits per heavy atom. The molecule has 3 atom stereocenters. The van der Waals surface area contributed by atoms with E-state index in [1.807, 2.05) is 0 Å². The maximum atomic E-state index is 12.3. The van der Waals surface area contributed by atoms with Gasteiger partial charge in [0.05, 0.1) is 5.25 Å². The maximum Gasteiger partial charge on any atom is 0.286 e. The SMILES string of the molecule is C=CC(C#CC(C)C(=C)C(=O)COc1ccc(CC2SC(=O)NC2=O)cc1)OC. The molecule has 3 unspecified atom stereocenters. The van der Waals surface area contributed by atoms with Gasteiger partial charge in [-0.05, 0) is 31.0 Å². The molecule has 152 valence electrons. The van der Waals surface area contributed by atoms with E-state index in [9.17, 15) is 14.4 Å². The van der Waals surface area contributed by atoms with Crippen molar-refractivity contribution in [1.82, 2.24) is 5.32 Å². The molecule has 0 radical (unpaired) electrons. The molecule has 0 aromatic heterocycles. The van der Waals surface area contributed by atoms with Gasteiger partial charge in [0.1, 0.15) is 11.9 Å². The molecule has 1 aromatic rings. The van der Waals surface area contributed by atoms with Gasteiger partial charge in [-0.15, -0.1) is 0 Å². The third kappa shape index (κ3) is 6.63. The standard InChI is InChI=1S/C22H23NO5S/c1-5-17(27-4)9-6-14(2)15(3)19(24)13-28-18-10-7-16(8-11-18)12-20-21(25)23-22(26)29-20/h5,7-8,10-11,14,17,20H,1,3,12-13H2,2,4H3,(H,23,25,26). The third-order valence-corrected chi connectivity index (χ3v) is 5.25. The first-order chi connectivity index (χ1) is 13.8. The zero-order valence-corrected chi connectivity index (χ0v) is 17.2. The normalized spacial score (nSPS) is 17.5. The first-order valence-electron chi connectivity index (χ1n) is 8.95. The number of methoxy groups -OCH3 is 1. The zero-order valence-electron chi connectivity index (χ0n) is 16.4. The lowest BCUT2D eigenvalue weighted by atomic mass is 9.99.